The van der Waals surface area contributed by atoms with Gasteiger partial charge in [-0.25, -0.2) is 22.6 Å². The molecular formula is C28H34F3N5O8. The fraction of sp³-hybridized carbons (Fsp3) is 0.571. The molecule has 2 aromatic heterocycles. The molecule has 0 bridgehead atoms. The first kappa shape index (κ1) is 31.8. The Morgan fingerprint density at radius 2 is 1.73 bits per heavy atom. The molecular weight excluding hydrogens is 591 g/mol. The quantitative estimate of drug-likeness (QED) is 0.294. The van der Waals surface area contributed by atoms with Gasteiger partial charge in [-0.3, -0.25) is 0 Å². The molecule has 240 valence electrons. The van der Waals surface area contributed by atoms with E-state index in [0.717, 1.165) is 16.8 Å². The Bertz CT molecular complexity index is 1460. The van der Waals surface area contributed by atoms with Crippen molar-refractivity contribution in [1.82, 2.24) is 25.1 Å². The van der Waals surface area contributed by atoms with E-state index in [9.17, 15) is 38.4 Å². The number of carbonyl (C=O) groups excluding carboxylic acids is 1. The van der Waals surface area contributed by atoms with Crippen LogP contribution in [0.1, 0.15) is 51.1 Å². The molecule has 4 N–H and O–H groups in total. The SMILES string of the molecule is CC(C)(C)OC(=O)N1CCC(O)(c2cc(C[C@H]3O[C@H](CO)[C@H](O)[C@H](n4cc(-c5cc(F)c(F)c(F)c5)nn4)[C@H]3O)no2)CC1. The number of benzene rings is 1. The number of ether oxygens (including phenoxy) is 2. The van der Waals surface area contributed by atoms with E-state index in [1.807, 2.05) is 0 Å². The number of carbonyl (C=O) groups is 1. The van der Waals surface area contributed by atoms with Gasteiger partial charge in [-0.05, 0) is 32.9 Å². The zero-order chi connectivity index (χ0) is 32.0. The first-order chi connectivity index (χ1) is 20.7. The Labute approximate surface area is 249 Å². The van der Waals surface area contributed by atoms with Crippen molar-refractivity contribution in [1.29, 1.82) is 0 Å². The van der Waals surface area contributed by atoms with E-state index in [-0.39, 0.29) is 49.4 Å². The summed E-state index contributed by atoms with van der Waals surface area (Å²) in [5.74, 6) is -4.33. The Morgan fingerprint density at radius 3 is 2.34 bits per heavy atom. The number of halogens is 3. The lowest BCUT2D eigenvalue weighted by Gasteiger charge is -2.42. The normalized spacial score (nSPS) is 25.7. The molecule has 0 saturated carbocycles. The van der Waals surface area contributed by atoms with Gasteiger partial charge >= 0.3 is 6.09 Å². The molecule has 1 aromatic carbocycles. The summed E-state index contributed by atoms with van der Waals surface area (Å²) in [4.78, 5) is 13.9. The fourth-order valence-electron chi connectivity index (χ4n) is 5.38. The molecule has 44 heavy (non-hydrogen) atoms. The van der Waals surface area contributed by atoms with Crippen LogP contribution in [-0.4, -0.2) is 101 Å². The van der Waals surface area contributed by atoms with Gasteiger partial charge in [-0.15, -0.1) is 5.10 Å². The number of nitrogens with zero attached hydrogens (tertiary/aromatic N) is 5. The second-order valence-corrected chi connectivity index (χ2v) is 12.1. The molecule has 16 heteroatoms. The van der Waals surface area contributed by atoms with Crippen LogP contribution in [0.2, 0.25) is 0 Å². The molecule has 3 aromatic rings. The van der Waals surface area contributed by atoms with Crippen LogP contribution in [-0.2, 0) is 21.5 Å². The van der Waals surface area contributed by atoms with Crippen LogP contribution in [0.5, 0.6) is 0 Å². The molecule has 0 radical (unpaired) electrons. The Morgan fingerprint density at radius 1 is 1.09 bits per heavy atom. The van der Waals surface area contributed by atoms with Crippen molar-refractivity contribution in [3.8, 4) is 11.3 Å². The number of piperidine rings is 1. The first-order valence-corrected chi connectivity index (χ1v) is 14.0. The molecule has 1 amide bonds. The number of hydrogen-bond donors (Lipinski definition) is 4. The number of hydrogen-bond acceptors (Lipinski definition) is 11. The van der Waals surface area contributed by atoms with Crippen molar-refractivity contribution in [3.05, 3.63) is 53.3 Å². The predicted molar refractivity (Wildman–Crippen MR) is 143 cm³/mol. The maximum atomic E-state index is 13.8. The van der Waals surface area contributed by atoms with Gasteiger partial charge in [0.2, 0.25) is 0 Å². The molecule has 2 aliphatic heterocycles. The molecule has 0 spiro atoms. The molecule has 2 aliphatic rings. The smallest absolute Gasteiger partial charge is 0.410 e. The summed E-state index contributed by atoms with van der Waals surface area (Å²) in [6.07, 6.45) is -4.09. The summed E-state index contributed by atoms with van der Waals surface area (Å²) in [6, 6.07) is 1.77. The molecule has 2 fully saturated rings. The van der Waals surface area contributed by atoms with E-state index in [2.05, 4.69) is 15.5 Å². The molecule has 2 saturated heterocycles. The minimum atomic E-state index is -1.64. The molecule has 13 nitrogen and oxygen atoms in total. The van der Waals surface area contributed by atoms with Crippen LogP contribution in [0, 0.1) is 17.5 Å². The number of aromatic nitrogens is 4. The van der Waals surface area contributed by atoms with Crippen molar-refractivity contribution in [3.63, 3.8) is 0 Å². The summed E-state index contributed by atoms with van der Waals surface area (Å²) in [6.45, 7) is 5.13. The van der Waals surface area contributed by atoms with Gasteiger partial charge in [0.1, 0.15) is 41.2 Å². The van der Waals surface area contributed by atoms with Gasteiger partial charge in [0.25, 0.3) is 0 Å². The second kappa shape index (κ2) is 12.1. The number of amides is 1. The maximum absolute atomic E-state index is 13.8. The van der Waals surface area contributed by atoms with Crippen LogP contribution >= 0.6 is 0 Å². The Balaban J connectivity index is 1.29. The van der Waals surface area contributed by atoms with Gasteiger partial charge in [0.15, 0.2) is 23.2 Å². The maximum Gasteiger partial charge on any atom is 0.410 e. The lowest BCUT2D eigenvalue weighted by molar-refractivity contribution is -0.205. The summed E-state index contributed by atoms with van der Waals surface area (Å²) in [7, 11) is 0. The van der Waals surface area contributed by atoms with Crippen LogP contribution < -0.4 is 0 Å². The van der Waals surface area contributed by atoms with Crippen molar-refractivity contribution in [2.45, 2.75) is 81.7 Å². The fourth-order valence-corrected chi connectivity index (χ4v) is 5.38. The number of aliphatic hydroxyl groups excluding tert-OH is 3. The van der Waals surface area contributed by atoms with Gasteiger partial charge in [-0.1, -0.05) is 10.4 Å². The summed E-state index contributed by atoms with van der Waals surface area (Å²) >= 11 is 0. The van der Waals surface area contributed by atoms with Crippen LogP contribution in [0.15, 0.2) is 28.9 Å². The molecule has 5 atom stereocenters. The highest BCUT2D eigenvalue weighted by Crippen LogP contribution is 2.36. The van der Waals surface area contributed by atoms with Crippen molar-refractivity contribution in [2.75, 3.05) is 19.7 Å². The molecule has 5 rings (SSSR count). The van der Waals surface area contributed by atoms with Crippen molar-refractivity contribution < 1.29 is 52.4 Å². The highest BCUT2D eigenvalue weighted by Gasteiger charge is 2.47. The van der Waals surface area contributed by atoms with Crippen LogP contribution in [0.3, 0.4) is 0 Å². The van der Waals surface area contributed by atoms with Crippen molar-refractivity contribution in [2.24, 2.45) is 0 Å². The van der Waals surface area contributed by atoms with Gasteiger partial charge in [-0.2, -0.15) is 0 Å². The monoisotopic (exact) mass is 625 g/mol. The Hall–Kier alpha value is -3.57. The highest BCUT2D eigenvalue weighted by atomic mass is 19.2. The summed E-state index contributed by atoms with van der Waals surface area (Å²) < 4.78 is 58.6. The second-order valence-electron chi connectivity index (χ2n) is 12.1. The average Bonchev–Trinajstić information content (AvgIpc) is 3.63. The standard InChI is InChI=1S/C28H34F3N5O8/c1-27(2,3)43-26(40)35-6-4-28(41,5-7-35)21-11-15(33-44-21)10-19-24(38)23(25(39)20(13-37)42-19)36-12-18(32-34-36)14-8-16(29)22(31)17(30)9-14/h8-9,11-12,19-20,23-25,37-39,41H,4-7,10,13H2,1-3H3/t19-,20-,23-,24+,25+/m1/s1. The Kier molecular flexibility index (Phi) is 8.74. The average molecular weight is 626 g/mol. The first-order valence-electron chi connectivity index (χ1n) is 14.0. The highest BCUT2D eigenvalue weighted by molar-refractivity contribution is 5.68. The predicted octanol–water partition coefficient (Wildman–Crippen LogP) is 1.83. The van der Waals surface area contributed by atoms with Gasteiger partial charge < -0.3 is 39.3 Å². The zero-order valence-corrected chi connectivity index (χ0v) is 24.2. The summed E-state index contributed by atoms with van der Waals surface area (Å²) in [5.41, 5.74) is -1.94. The van der Waals surface area contributed by atoms with E-state index >= 15 is 0 Å². The topological polar surface area (TPSA) is 176 Å². The molecule has 4 heterocycles. The lowest BCUT2D eigenvalue weighted by Crippen LogP contribution is -2.56. The van der Waals surface area contributed by atoms with Crippen LogP contribution in [0.25, 0.3) is 11.3 Å². The minimum Gasteiger partial charge on any atom is -0.444 e. The van der Waals surface area contributed by atoms with E-state index in [0.29, 0.717) is 5.69 Å². The third-order valence-corrected chi connectivity index (χ3v) is 7.76. The largest absolute Gasteiger partial charge is 0.444 e. The number of likely N-dealkylation sites (tertiary alicyclic amines) is 1. The zero-order valence-electron chi connectivity index (χ0n) is 24.2. The van der Waals surface area contributed by atoms with Crippen LogP contribution in [0.4, 0.5) is 18.0 Å². The third kappa shape index (κ3) is 6.44. The third-order valence-electron chi connectivity index (χ3n) is 7.76. The molecule has 0 aliphatic carbocycles. The van der Waals surface area contributed by atoms with E-state index < -0.39 is 71.8 Å². The van der Waals surface area contributed by atoms with Crippen molar-refractivity contribution >= 4 is 6.09 Å². The van der Waals surface area contributed by atoms with E-state index in [4.69, 9.17) is 14.0 Å². The summed E-state index contributed by atoms with van der Waals surface area (Å²) in [5, 5.41) is 54.9. The van der Waals surface area contributed by atoms with E-state index in [1.165, 1.54) is 17.2 Å². The minimum absolute atomic E-state index is 0.0551. The van der Waals surface area contributed by atoms with E-state index in [1.54, 1.807) is 20.8 Å². The lowest BCUT2D eigenvalue weighted by atomic mass is 9.88. The van der Waals surface area contributed by atoms with Gasteiger partial charge in [0, 0.05) is 44.0 Å². The van der Waals surface area contributed by atoms with Gasteiger partial charge in [0.05, 0.1) is 24.6 Å². The number of rotatable bonds is 6. The molecule has 0 unspecified atom stereocenters. The number of aliphatic hydroxyl groups is 4.